The van der Waals surface area contributed by atoms with Crippen LogP contribution in [0.1, 0.15) is 31.2 Å². The van der Waals surface area contributed by atoms with Crippen LogP contribution in [0.5, 0.6) is 11.5 Å². The predicted octanol–water partition coefficient (Wildman–Crippen LogP) is 7.90. The lowest BCUT2D eigenvalue weighted by molar-refractivity contribution is -0.306. The minimum atomic E-state index is -5.70. The smallest absolute Gasteiger partial charge is 0.489 e. The molecular formula is C26H26F11NO3. The number of ether oxygens (including phenoxy) is 2. The van der Waals surface area contributed by atoms with E-state index < -0.39 is 67.7 Å². The zero-order chi connectivity index (χ0) is 30.6. The molecule has 2 aromatic rings. The highest BCUT2D eigenvalue weighted by molar-refractivity contribution is 5.51. The van der Waals surface area contributed by atoms with Gasteiger partial charge in [0.15, 0.2) is 6.10 Å². The molecule has 0 saturated heterocycles. The van der Waals surface area contributed by atoms with Crippen LogP contribution in [-0.2, 0) is 6.61 Å². The fraction of sp³-hybridized carbons (Fsp3) is 0.538. The number of anilines is 1. The van der Waals surface area contributed by atoms with Crippen LogP contribution in [0, 0.1) is 11.8 Å². The summed E-state index contributed by atoms with van der Waals surface area (Å²) in [5.41, 5.74) is 0.615. The number of aliphatic hydroxyl groups is 1. The molecule has 0 aliphatic heterocycles. The lowest BCUT2D eigenvalue weighted by Crippen LogP contribution is -2.46. The molecule has 1 fully saturated rings. The highest BCUT2D eigenvalue weighted by atomic mass is 19.4. The largest absolute Gasteiger partial charge is 0.573 e. The lowest BCUT2D eigenvalue weighted by Gasteiger charge is -2.37. The summed E-state index contributed by atoms with van der Waals surface area (Å²) in [6.45, 7) is -1.20. The maximum atomic E-state index is 13.7. The van der Waals surface area contributed by atoms with Crippen LogP contribution in [0.25, 0.3) is 0 Å². The van der Waals surface area contributed by atoms with Gasteiger partial charge in [-0.1, -0.05) is 18.2 Å². The maximum Gasteiger partial charge on any atom is 0.573 e. The molecule has 1 aliphatic rings. The fourth-order valence-corrected chi connectivity index (χ4v) is 4.57. The van der Waals surface area contributed by atoms with Gasteiger partial charge in [-0.3, -0.25) is 0 Å². The fourth-order valence-electron chi connectivity index (χ4n) is 4.57. The third-order valence-corrected chi connectivity index (χ3v) is 6.73. The average molecular weight is 609 g/mol. The molecule has 1 N–H and O–H groups in total. The first-order valence-electron chi connectivity index (χ1n) is 12.4. The van der Waals surface area contributed by atoms with Crippen LogP contribution in [-0.4, -0.2) is 48.9 Å². The molecule has 2 aromatic carbocycles. The molecule has 3 rings (SSSR count). The summed E-state index contributed by atoms with van der Waals surface area (Å²) in [6, 6.07) is 10.5. The Labute approximate surface area is 227 Å². The molecule has 1 saturated carbocycles. The van der Waals surface area contributed by atoms with E-state index >= 15 is 0 Å². The summed E-state index contributed by atoms with van der Waals surface area (Å²) in [5.74, 6) is -7.60. The first kappa shape index (κ1) is 32.5. The van der Waals surface area contributed by atoms with Gasteiger partial charge >= 0.3 is 24.6 Å². The average Bonchev–Trinajstić information content (AvgIpc) is 2.86. The molecule has 0 heterocycles. The number of benzene rings is 2. The van der Waals surface area contributed by atoms with E-state index in [4.69, 9.17) is 4.74 Å². The van der Waals surface area contributed by atoms with Gasteiger partial charge in [0.1, 0.15) is 18.1 Å². The van der Waals surface area contributed by atoms with Crippen molar-refractivity contribution in [3.63, 3.8) is 0 Å². The summed E-state index contributed by atoms with van der Waals surface area (Å²) >= 11 is 0. The van der Waals surface area contributed by atoms with Crippen molar-refractivity contribution in [1.82, 2.24) is 0 Å². The van der Waals surface area contributed by atoms with Gasteiger partial charge in [-0.05, 0) is 61.4 Å². The molecule has 0 radical (unpaired) electrons. The first-order valence-corrected chi connectivity index (χ1v) is 12.4. The summed E-state index contributed by atoms with van der Waals surface area (Å²) in [5, 5.41) is 9.70. The molecule has 0 spiro atoms. The molecule has 0 aromatic heterocycles. The molecular weight excluding hydrogens is 583 g/mol. The Morgan fingerprint density at radius 3 is 1.95 bits per heavy atom. The summed E-state index contributed by atoms with van der Waals surface area (Å²) < 4.78 is 151. The van der Waals surface area contributed by atoms with Gasteiger partial charge in [0.25, 0.3) is 0 Å². The highest BCUT2D eigenvalue weighted by Crippen LogP contribution is 2.47. The van der Waals surface area contributed by atoms with E-state index in [2.05, 4.69) is 4.74 Å². The summed E-state index contributed by atoms with van der Waals surface area (Å²) in [7, 11) is 0. The number of nitrogens with zero attached hydrogens (tertiary/aromatic N) is 1. The normalized spacial score (nSPS) is 19.5. The van der Waals surface area contributed by atoms with Crippen LogP contribution in [0.15, 0.2) is 48.5 Å². The third kappa shape index (κ3) is 9.27. The minimum absolute atomic E-state index is 0.0841. The molecule has 41 heavy (non-hydrogen) atoms. The monoisotopic (exact) mass is 609 g/mol. The van der Waals surface area contributed by atoms with Crippen molar-refractivity contribution in [2.75, 3.05) is 18.0 Å². The number of hydrogen-bond acceptors (Lipinski definition) is 4. The van der Waals surface area contributed by atoms with E-state index in [9.17, 15) is 53.4 Å². The van der Waals surface area contributed by atoms with Gasteiger partial charge in [0.05, 0.1) is 6.54 Å². The second-order valence-electron chi connectivity index (χ2n) is 9.78. The van der Waals surface area contributed by atoms with E-state index in [1.807, 2.05) is 0 Å². The summed E-state index contributed by atoms with van der Waals surface area (Å²) in [6.07, 6.45) is -19.4. The Balaban J connectivity index is 1.69. The zero-order valence-corrected chi connectivity index (χ0v) is 21.2. The van der Waals surface area contributed by atoms with Crippen molar-refractivity contribution in [2.24, 2.45) is 11.8 Å². The van der Waals surface area contributed by atoms with Gasteiger partial charge in [0.2, 0.25) is 0 Å². The summed E-state index contributed by atoms with van der Waals surface area (Å²) in [4.78, 5) is 1.17. The van der Waals surface area contributed by atoms with Gasteiger partial charge < -0.3 is 19.5 Å². The van der Waals surface area contributed by atoms with Crippen molar-refractivity contribution < 1.29 is 62.9 Å². The third-order valence-electron chi connectivity index (χ3n) is 6.73. The standard InChI is InChI=1S/C26H26F11NO3/c27-23(28,25(32,33)34)18-8-4-16(5-9-18)13-38(14-22(39)24(29,30)31)19-2-1-3-21(12-19)40-15-17-6-10-20(11-7-17)41-26(35,36)37/h1-3,6-7,10-12,16,18,22,39H,4-5,8-9,13-15H2. The van der Waals surface area contributed by atoms with Crippen molar-refractivity contribution in [1.29, 1.82) is 0 Å². The Kier molecular flexibility index (Phi) is 9.92. The molecule has 0 bridgehead atoms. The lowest BCUT2D eigenvalue weighted by atomic mass is 9.78. The molecule has 15 heteroatoms. The molecule has 1 aliphatic carbocycles. The first-order chi connectivity index (χ1) is 18.8. The van der Waals surface area contributed by atoms with Gasteiger partial charge in [-0.25, -0.2) is 0 Å². The number of alkyl halides is 11. The van der Waals surface area contributed by atoms with Crippen LogP contribution in [0.4, 0.5) is 54.0 Å². The van der Waals surface area contributed by atoms with E-state index in [-0.39, 0.29) is 37.4 Å². The maximum absolute atomic E-state index is 13.7. The quantitative estimate of drug-likeness (QED) is 0.278. The van der Waals surface area contributed by atoms with Crippen LogP contribution in [0.3, 0.4) is 0 Å². The predicted molar refractivity (Wildman–Crippen MR) is 125 cm³/mol. The highest BCUT2D eigenvalue weighted by Gasteiger charge is 2.62. The second kappa shape index (κ2) is 12.5. The Bertz CT molecular complexity index is 1110. The van der Waals surface area contributed by atoms with Crippen LogP contribution < -0.4 is 14.4 Å². The van der Waals surface area contributed by atoms with Gasteiger partial charge in [-0.2, -0.15) is 35.1 Å². The molecule has 4 nitrogen and oxygen atoms in total. The van der Waals surface area contributed by atoms with Gasteiger partial charge in [0, 0.05) is 24.2 Å². The Morgan fingerprint density at radius 2 is 1.41 bits per heavy atom. The van der Waals surface area contributed by atoms with Crippen molar-refractivity contribution in [3.8, 4) is 11.5 Å². The number of rotatable bonds is 10. The minimum Gasteiger partial charge on any atom is -0.489 e. The van der Waals surface area contributed by atoms with E-state index in [1.165, 1.54) is 41.3 Å². The van der Waals surface area contributed by atoms with E-state index in [1.54, 1.807) is 0 Å². The second-order valence-corrected chi connectivity index (χ2v) is 9.78. The number of hydrogen-bond donors (Lipinski definition) is 1. The Morgan fingerprint density at radius 1 is 0.805 bits per heavy atom. The van der Waals surface area contributed by atoms with Crippen molar-refractivity contribution >= 4 is 5.69 Å². The van der Waals surface area contributed by atoms with Gasteiger partial charge in [-0.15, -0.1) is 13.2 Å². The van der Waals surface area contributed by atoms with Crippen LogP contribution in [0.2, 0.25) is 0 Å². The molecule has 1 unspecified atom stereocenters. The van der Waals surface area contributed by atoms with Crippen LogP contribution >= 0.6 is 0 Å². The number of halogens is 11. The van der Waals surface area contributed by atoms with E-state index in [0.29, 0.717) is 5.56 Å². The molecule has 1 atom stereocenters. The van der Waals surface area contributed by atoms with E-state index in [0.717, 1.165) is 12.1 Å². The van der Waals surface area contributed by atoms with Crippen molar-refractivity contribution in [2.45, 2.75) is 63.0 Å². The molecule has 230 valence electrons. The topological polar surface area (TPSA) is 41.9 Å². The van der Waals surface area contributed by atoms with Crippen molar-refractivity contribution in [3.05, 3.63) is 54.1 Å². The zero-order valence-electron chi connectivity index (χ0n) is 21.2. The SMILES string of the molecule is OC(CN(CC1CCC(C(F)(F)C(F)(F)F)CC1)c1cccc(OCc2ccc(OC(F)(F)F)cc2)c1)C(F)(F)F. The molecule has 0 amide bonds. The Hall–Kier alpha value is -2.97. The number of aliphatic hydroxyl groups excluding tert-OH is 1.